The van der Waals surface area contributed by atoms with Crippen molar-refractivity contribution in [2.24, 2.45) is 0 Å². The van der Waals surface area contributed by atoms with Crippen LogP contribution in [0.25, 0.3) is 0 Å². The van der Waals surface area contributed by atoms with Crippen molar-refractivity contribution in [2.45, 2.75) is 44.5 Å². The summed E-state index contributed by atoms with van der Waals surface area (Å²) in [6.07, 6.45) is 2.24. The van der Waals surface area contributed by atoms with Crippen molar-refractivity contribution in [1.82, 2.24) is 10.2 Å². The highest BCUT2D eigenvalue weighted by Gasteiger charge is 2.30. The summed E-state index contributed by atoms with van der Waals surface area (Å²) < 4.78 is 0. The molecule has 3 aromatic rings. The van der Waals surface area contributed by atoms with Crippen LogP contribution >= 0.6 is 46.6 Å². The summed E-state index contributed by atoms with van der Waals surface area (Å²) in [6.45, 7) is 2.88. The summed E-state index contributed by atoms with van der Waals surface area (Å²) in [5.41, 5.74) is 2.75. The van der Waals surface area contributed by atoms with E-state index in [-0.39, 0.29) is 24.1 Å². The van der Waals surface area contributed by atoms with Crippen LogP contribution in [0.1, 0.15) is 36.5 Å². The van der Waals surface area contributed by atoms with Gasteiger partial charge in [0.15, 0.2) is 0 Å². The summed E-state index contributed by atoms with van der Waals surface area (Å²) in [5, 5.41) is 4.55. The third-order valence-electron chi connectivity index (χ3n) is 5.88. The Balaban J connectivity index is 1.86. The van der Waals surface area contributed by atoms with E-state index in [0.29, 0.717) is 33.8 Å². The molecule has 1 N–H and O–H groups in total. The average molecular weight is 578 g/mol. The summed E-state index contributed by atoms with van der Waals surface area (Å²) in [5.74, 6) is 0.509. The number of nitrogens with one attached hydrogen (secondary N) is 1. The van der Waals surface area contributed by atoms with Crippen molar-refractivity contribution in [2.75, 3.05) is 12.3 Å². The topological polar surface area (TPSA) is 49.4 Å². The first-order chi connectivity index (χ1) is 17.9. The predicted octanol–water partition coefficient (Wildman–Crippen LogP) is 7.44. The van der Waals surface area contributed by atoms with Crippen molar-refractivity contribution in [1.29, 1.82) is 0 Å². The SMILES string of the molecule is CCCCNC(=O)[C@@H](Cc1ccccc1)N(Cc1ccc(Cl)c(Cl)c1)C(=O)CSCc1ccccc1Cl. The molecule has 3 aromatic carbocycles. The molecule has 0 aliphatic heterocycles. The van der Waals surface area contributed by atoms with E-state index in [9.17, 15) is 9.59 Å². The molecular weight excluding hydrogens is 547 g/mol. The zero-order valence-corrected chi connectivity index (χ0v) is 23.8. The summed E-state index contributed by atoms with van der Waals surface area (Å²) >= 11 is 20.2. The quantitative estimate of drug-likeness (QED) is 0.215. The number of benzene rings is 3. The van der Waals surface area contributed by atoms with Gasteiger partial charge in [-0.1, -0.05) is 103 Å². The summed E-state index contributed by atoms with van der Waals surface area (Å²) in [7, 11) is 0. The highest BCUT2D eigenvalue weighted by Crippen LogP contribution is 2.25. The lowest BCUT2D eigenvalue weighted by atomic mass is 10.0. The van der Waals surface area contributed by atoms with Gasteiger partial charge >= 0.3 is 0 Å². The van der Waals surface area contributed by atoms with Crippen LogP contribution in [0.4, 0.5) is 0 Å². The number of nitrogens with zero attached hydrogens (tertiary/aromatic N) is 1. The van der Waals surface area contributed by atoms with Gasteiger partial charge in [0.2, 0.25) is 11.8 Å². The molecule has 0 spiro atoms. The predicted molar refractivity (Wildman–Crippen MR) is 156 cm³/mol. The standard InChI is InChI=1S/C29H31Cl3N2O2S/c1-2-3-15-33-29(36)27(17-21-9-5-4-6-10-21)34(18-22-13-14-25(31)26(32)16-22)28(35)20-37-19-23-11-7-8-12-24(23)30/h4-14,16,27H,2-3,15,17-20H2,1H3,(H,33,36)/t27-/m1/s1. The maximum absolute atomic E-state index is 13.7. The largest absolute Gasteiger partial charge is 0.354 e. The van der Waals surface area contributed by atoms with E-state index in [0.717, 1.165) is 29.5 Å². The first-order valence-corrected chi connectivity index (χ1v) is 14.5. The third-order valence-corrected chi connectivity index (χ3v) is 7.95. The van der Waals surface area contributed by atoms with Gasteiger partial charge in [-0.25, -0.2) is 0 Å². The van der Waals surface area contributed by atoms with Gasteiger partial charge in [0.05, 0.1) is 15.8 Å². The smallest absolute Gasteiger partial charge is 0.243 e. The highest BCUT2D eigenvalue weighted by molar-refractivity contribution is 7.99. The zero-order chi connectivity index (χ0) is 26.6. The number of unbranched alkanes of at least 4 members (excludes halogenated alkanes) is 1. The van der Waals surface area contributed by atoms with Crippen LogP contribution in [0, 0.1) is 0 Å². The fourth-order valence-corrected chi connectivity index (χ4v) is 5.36. The van der Waals surface area contributed by atoms with Crippen LogP contribution in [0.2, 0.25) is 15.1 Å². The Morgan fingerprint density at radius 1 is 0.892 bits per heavy atom. The van der Waals surface area contributed by atoms with Gasteiger partial charge in [0.25, 0.3) is 0 Å². The van der Waals surface area contributed by atoms with Crippen LogP contribution in [0.3, 0.4) is 0 Å². The molecular formula is C29H31Cl3N2O2S. The molecule has 0 fully saturated rings. The van der Waals surface area contributed by atoms with Crippen molar-refractivity contribution in [3.05, 3.63) is 105 Å². The highest BCUT2D eigenvalue weighted by atomic mass is 35.5. The van der Waals surface area contributed by atoms with Gasteiger partial charge in [-0.05, 0) is 41.3 Å². The molecule has 1 atom stereocenters. The minimum Gasteiger partial charge on any atom is -0.354 e. The van der Waals surface area contributed by atoms with E-state index in [1.165, 1.54) is 11.8 Å². The van der Waals surface area contributed by atoms with Crippen LogP contribution in [0.15, 0.2) is 72.8 Å². The molecule has 0 radical (unpaired) electrons. The van der Waals surface area contributed by atoms with E-state index in [2.05, 4.69) is 12.2 Å². The summed E-state index contributed by atoms with van der Waals surface area (Å²) in [6, 6.07) is 22.0. The molecule has 8 heteroatoms. The van der Waals surface area contributed by atoms with Crippen LogP contribution in [-0.2, 0) is 28.3 Å². The van der Waals surface area contributed by atoms with Crippen molar-refractivity contribution < 1.29 is 9.59 Å². The van der Waals surface area contributed by atoms with Crippen LogP contribution in [-0.4, -0.2) is 35.1 Å². The van der Waals surface area contributed by atoms with E-state index in [4.69, 9.17) is 34.8 Å². The van der Waals surface area contributed by atoms with Gasteiger partial charge in [0.1, 0.15) is 6.04 Å². The Labute approximate surface area is 238 Å². The lowest BCUT2D eigenvalue weighted by Gasteiger charge is -2.31. The van der Waals surface area contributed by atoms with E-state index >= 15 is 0 Å². The maximum Gasteiger partial charge on any atom is 0.243 e. The Morgan fingerprint density at radius 3 is 2.32 bits per heavy atom. The maximum atomic E-state index is 13.7. The first-order valence-electron chi connectivity index (χ1n) is 12.2. The molecule has 3 rings (SSSR count). The van der Waals surface area contributed by atoms with Gasteiger partial charge < -0.3 is 10.2 Å². The molecule has 0 bridgehead atoms. The minimum absolute atomic E-state index is 0.130. The van der Waals surface area contributed by atoms with Gasteiger partial charge in [-0.3, -0.25) is 9.59 Å². The van der Waals surface area contributed by atoms with Crippen LogP contribution < -0.4 is 5.32 Å². The van der Waals surface area contributed by atoms with E-state index in [1.807, 2.05) is 60.7 Å². The van der Waals surface area contributed by atoms with E-state index in [1.54, 1.807) is 17.0 Å². The Kier molecular flexibility index (Phi) is 12.1. The number of thioether (sulfide) groups is 1. The second kappa shape index (κ2) is 15.3. The fourth-order valence-electron chi connectivity index (χ4n) is 3.84. The monoisotopic (exact) mass is 576 g/mol. The molecule has 0 aliphatic carbocycles. The molecule has 0 heterocycles. The Bertz CT molecular complexity index is 1180. The molecule has 0 unspecified atom stereocenters. The number of carbonyl (C=O) groups excluding carboxylic acids is 2. The lowest BCUT2D eigenvalue weighted by Crippen LogP contribution is -2.51. The van der Waals surface area contributed by atoms with Gasteiger partial charge in [-0.15, -0.1) is 11.8 Å². The number of amides is 2. The van der Waals surface area contributed by atoms with Crippen molar-refractivity contribution in [3.8, 4) is 0 Å². The average Bonchev–Trinajstić information content (AvgIpc) is 2.90. The minimum atomic E-state index is -0.679. The van der Waals surface area contributed by atoms with Crippen molar-refractivity contribution >= 4 is 58.4 Å². The van der Waals surface area contributed by atoms with Crippen molar-refractivity contribution in [3.63, 3.8) is 0 Å². The number of rotatable bonds is 13. The first kappa shape index (κ1) is 29.4. The molecule has 4 nitrogen and oxygen atoms in total. The Hall–Kier alpha value is -2.18. The number of carbonyl (C=O) groups is 2. The van der Waals surface area contributed by atoms with E-state index < -0.39 is 6.04 Å². The van der Waals surface area contributed by atoms with Gasteiger partial charge in [-0.2, -0.15) is 0 Å². The molecule has 0 aliphatic rings. The number of hydrogen-bond acceptors (Lipinski definition) is 3. The van der Waals surface area contributed by atoms with Crippen LogP contribution in [0.5, 0.6) is 0 Å². The fraction of sp³-hybridized carbons (Fsp3) is 0.310. The third kappa shape index (κ3) is 9.26. The molecule has 0 saturated heterocycles. The second-order valence-electron chi connectivity index (χ2n) is 8.70. The molecule has 0 aromatic heterocycles. The summed E-state index contributed by atoms with van der Waals surface area (Å²) in [4.78, 5) is 28.8. The lowest BCUT2D eigenvalue weighted by molar-refractivity contribution is -0.139. The molecule has 2 amide bonds. The number of halogens is 3. The molecule has 37 heavy (non-hydrogen) atoms. The number of hydrogen-bond donors (Lipinski definition) is 1. The Morgan fingerprint density at radius 2 is 1.62 bits per heavy atom. The molecule has 196 valence electrons. The zero-order valence-electron chi connectivity index (χ0n) is 20.8. The molecule has 0 saturated carbocycles. The van der Waals surface area contributed by atoms with Gasteiger partial charge in [0, 0.05) is 30.3 Å². The second-order valence-corrected chi connectivity index (χ2v) is 10.9. The normalized spacial score (nSPS) is 11.7.